The van der Waals surface area contributed by atoms with Crippen LogP contribution >= 0.6 is 0 Å². The summed E-state index contributed by atoms with van der Waals surface area (Å²) >= 11 is 0. The van der Waals surface area contributed by atoms with Gasteiger partial charge in [-0.15, -0.1) is 0 Å². The number of nitrogens with one attached hydrogen (secondary N) is 3. The molecule has 7 amide bonds. The Kier molecular flexibility index (Phi) is 26.5. The number of nitrogens with zero attached hydrogens (tertiary/aromatic N) is 8. The molecule has 12 atom stereocenters. The second-order valence-corrected chi connectivity index (χ2v) is 34.6. The van der Waals surface area contributed by atoms with Crippen molar-refractivity contribution in [2.75, 3.05) is 0 Å². The van der Waals surface area contributed by atoms with Crippen LogP contribution < -0.4 is 47.1 Å². The van der Waals surface area contributed by atoms with E-state index in [9.17, 15) is 112 Å². The van der Waals surface area contributed by atoms with Crippen molar-refractivity contribution in [3.05, 3.63) is 289 Å². The Morgan fingerprint density at radius 2 is 0.662 bits per heavy atom. The Balaban J connectivity index is 0.000000132. The van der Waals surface area contributed by atoms with Crippen molar-refractivity contribution in [3.8, 4) is 23.0 Å². The summed E-state index contributed by atoms with van der Waals surface area (Å²) in [6, 6.07) is 28.3. The quantitative estimate of drug-likeness (QED) is 0.0386. The highest BCUT2D eigenvalue weighted by Gasteiger charge is 2.56. The number of amides is 7. The fourth-order valence-electron chi connectivity index (χ4n) is 21.1. The number of pyridine rings is 4. The maximum Gasteiger partial charge on any atom is 0.446 e. The summed E-state index contributed by atoms with van der Waals surface area (Å²) in [6.45, 7) is 1.18. The number of alkyl halides is 3. The van der Waals surface area contributed by atoms with E-state index in [1.807, 2.05) is 70.5 Å². The van der Waals surface area contributed by atoms with Gasteiger partial charge in [0.25, 0.3) is 41.4 Å². The normalized spacial score (nSPS) is 22.5. The summed E-state index contributed by atoms with van der Waals surface area (Å²) in [5.74, 6) is -9.71. The largest absolute Gasteiger partial charge is 0.503 e. The lowest BCUT2D eigenvalue weighted by atomic mass is 9.95. The highest BCUT2D eigenvalue weighted by atomic mass is 19.4. The number of hydrogen-bond acceptors (Lipinski definition) is 17. The van der Waals surface area contributed by atoms with Gasteiger partial charge < -0.3 is 78.6 Å². The summed E-state index contributed by atoms with van der Waals surface area (Å²) in [7, 11) is 0. The van der Waals surface area contributed by atoms with E-state index in [-0.39, 0.29) is 193 Å². The van der Waals surface area contributed by atoms with Gasteiger partial charge in [0.2, 0.25) is 28.0 Å². The predicted molar refractivity (Wildman–Crippen MR) is 457 cm³/mol. The Bertz CT molecular complexity index is 6270. The van der Waals surface area contributed by atoms with Crippen LogP contribution in [0.1, 0.15) is 203 Å². The number of benzene rings is 5. The first-order valence-electron chi connectivity index (χ1n) is 42.8. The van der Waals surface area contributed by atoms with Crippen LogP contribution in [0.4, 0.5) is 39.5 Å². The van der Waals surface area contributed by atoms with Gasteiger partial charge in [0.15, 0.2) is 45.8 Å². The number of hydrogen-bond donors (Lipinski definition) is 6. The van der Waals surface area contributed by atoms with E-state index < -0.39 is 104 Å². The number of carbonyl (C=O) groups is 9. The SMILES string of the molecule is C.C.O=C(NCc1ccc(F)cc1F)c1cn2c(c(O)c1=O)C(=O)N1[C@H]3CC[C@H](C3)[C@@H]1C2.O=C(NCc1ccc(F)cc1F)c1cn2c(c(O)c1=O)C(=O)N1[C@H]3CC[C@H](C3)[C@@H]1C2.O=C(NCc1ccc(F)cc1F)c1cn2c(c(OCc3ccccc3)c1=O)C(=O)N1[C@H]3CC[C@H](C3)[C@@H]1C2.O=C(O)c1cn2c(c(OCc3ccccc3)c1=O)C(=O)N1[C@H]3CC[C@H](C3)[C@@H]1C2.O=CC(F)(F)F. The van der Waals surface area contributed by atoms with Crippen LogP contribution in [0.15, 0.2) is 159 Å². The highest BCUT2D eigenvalue weighted by Crippen LogP contribution is 2.50. The number of ether oxygens (including phenoxy) is 2. The fourth-order valence-corrected chi connectivity index (χ4v) is 21.1. The zero-order valence-corrected chi connectivity index (χ0v) is 69.6. The average Bonchev–Trinajstić information content (AvgIpc) is 1.60. The third-order valence-corrected chi connectivity index (χ3v) is 27.1. The Morgan fingerprint density at radius 1 is 0.391 bits per heavy atom. The summed E-state index contributed by atoms with van der Waals surface area (Å²) in [4.78, 5) is 170. The number of rotatable bonds is 16. The molecular formula is C95H92F9N11O18. The minimum atomic E-state index is -4.64. The molecule has 0 radical (unpaired) electrons. The Hall–Kier alpha value is -14.1. The van der Waals surface area contributed by atoms with E-state index >= 15 is 0 Å². The van der Waals surface area contributed by atoms with Gasteiger partial charge in [-0.25, -0.2) is 31.1 Å². The Labute approximate surface area is 752 Å². The predicted octanol–water partition coefficient (Wildman–Crippen LogP) is 11.3. The molecule has 9 aromatic rings. The first kappa shape index (κ1) is 93.6. The van der Waals surface area contributed by atoms with Gasteiger partial charge in [-0.3, -0.25) is 57.5 Å². The minimum absolute atomic E-state index is 0. The van der Waals surface area contributed by atoms with Gasteiger partial charge in [0.1, 0.15) is 70.4 Å². The topological polar surface area (TPSA) is 370 Å². The molecule has 698 valence electrons. The molecule has 8 aliphatic heterocycles. The molecule has 12 aliphatic rings. The van der Waals surface area contributed by atoms with Crippen LogP contribution in [0.2, 0.25) is 0 Å². The molecule has 21 rings (SSSR count). The number of carboxylic acid groups (broad SMARTS) is 1. The van der Waals surface area contributed by atoms with Crippen molar-refractivity contribution < 1.29 is 107 Å². The molecule has 4 saturated heterocycles. The van der Waals surface area contributed by atoms with Crippen molar-refractivity contribution in [2.24, 2.45) is 23.7 Å². The molecule has 5 aromatic carbocycles. The third kappa shape index (κ3) is 18.0. The number of carbonyl (C=O) groups excluding carboxylic acids is 8. The van der Waals surface area contributed by atoms with Crippen molar-refractivity contribution in [1.29, 1.82) is 0 Å². The summed E-state index contributed by atoms with van der Waals surface area (Å²) in [6.07, 6.45) is 11.4. The lowest BCUT2D eigenvalue weighted by molar-refractivity contribution is -0.156. The molecule has 8 bridgehead atoms. The van der Waals surface area contributed by atoms with Gasteiger partial charge in [0, 0.05) is 130 Å². The summed E-state index contributed by atoms with van der Waals surface area (Å²) < 4.78 is 130. The molecule has 4 aromatic heterocycles. The molecule has 133 heavy (non-hydrogen) atoms. The zero-order chi connectivity index (χ0) is 92.6. The molecule has 12 heterocycles. The molecule has 38 heteroatoms. The number of fused-ring (bicyclic) bond motifs is 24. The van der Waals surface area contributed by atoms with Crippen LogP contribution in [0.5, 0.6) is 23.0 Å². The van der Waals surface area contributed by atoms with Crippen LogP contribution in [0.25, 0.3) is 0 Å². The van der Waals surface area contributed by atoms with Crippen LogP contribution in [0, 0.1) is 58.6 Å². The van der Waals surface area contributed by atoms with E-state index in [0.717, 1.165) is 112 Å². The second-order valence-electron chi connectivity index (χ2n) is 34.6. The second kappa shape index (κ2) is 37.6. The van der Waals surface area contributed by atoms with Gasteiger partial charge in [-0.1, -0.05) is 93.7 Å². The molecule has 0 unspecified atom stereocenters. The van der Waals surface area contributed by atoms with E-state index in [4.69, 9.17) is 14.3 Å². The summed E-state index contributed by atoms with van der Waals surface area (Å²) in [5.41, 5.74) is -2.57. The fraction of sp³-hybridized carbons (Fsp3) is 0.379. The molecular weight excluding hydrogens is 1750 g/mol. The number of aromatic hydroxyl groups is 2. The molecule has 0 spiro atoms. The number of aldehydes is 1. The average molecular weight is 1850 g/mol. The van der Waals surface area contributed by atoms with E-state index in [1.54, 1.807) is 18.9 Å². The number of piperidine rings is 4. The van der Waals surface area contributed by atoms with Gasteiger partial charge in [0.05, 0.1) is 24.2 Å². The molecule has 6 N–H and O–H groups in total. The van der Waals surface area contributed by atoms with Crippen molar-refractivity contribution in [2.45, 2.75) is 205 Å². The third-order valence-electron chi connectivity index (χ3n) is 27.1. The number of aromatic carboxylic acids is 1. The number of carboxylic acids is 1. The first-order valence-corrected chi connectivity index (χ1v) is 42.8. The van der Waals surface area contributed by atoms with Crippen LogP contribution in [-0.2, 0) is 63.8 Å². The van der Waals surface area contributed by atoms with Crippen molar-refractivity contribution >= 4 is 53.6 Å². The van der Waals surface area contributed by atoms with Gasteiger partial charge >= 0.3 is 12.1 Å². The maximum absolute atomic E-state index is 14.1. The van der Waals surface area contributed by atoms with Crippen LogP contribution in [-0.4, -0.2) is 161 Å². The summed E-state index contributed by atoms with van der Waals surface area (Å²) in [5, 5.41) is 37.7. The minimum Gasteiger partial charge on any atom is -0.503 e. The van der Waals surface area contributed by atoms with Gasteiger partial charge in [-0.05, 0) is 130 Å². The lowest BCUT2D eigenvalue weighted by Crippen LogP contribution is -2.52. The van der Waals surface area contributed by atoms with E-state index in [1.165, 1.54) is 52.1 Å². The number of halogens is 9. The molecule has 4 saturated carbocycles. The van der Waals surface area contributed by atoms with E-state index in [2.05, 4.69) is 16.0 Å². The standard InChI is InChI=1S/C28H25F2N3O4.2C21H19F2N3O4.C21H20N2O5.C2HF3O.2CH4/c29-19-8-6-18(22(30)11-19)12-31-27(35)21-13-32-14-23-17-7-9-20(10-17)33(23)28(36)24(32)26(25(21)34)37-15-16-4-2-1-3-5-16;2*22-12-3-1-11(15(23)6-12)7-24-20(29)14-8-25-9-16-10-2-4-13(5-10)26(16)21(30)17(25)19(28)18(14)27;24-18-15(21(26)27)9-22-10-16-13-6-7-14(8-13)23(16)20(25)17(22)19(18)28-11-12-4-2-1-3-5-12;3-2(4,5)1-6;;/h1-6,8,11,13,17,20,23H,7,9-10,12,14-15H2,(H,31,35);2*1,3,6,8,10,13,16,28H,2,4-5,7,9H2,(H,24,29);1-5,9,13-14,16H,6-8,10-11H2,(H,26,27);1H;2*1H4/t17-,20+,23+;2*10-,13+,16+;13-,14+,16+;;;/m1111.../s1. The molecule has 29 nitrogen and oxygen atoms in total. The van der Waals surface area contributed by atoms with Crippen molar-refractivity contribution in [1.82, 2.24) is 53.8 Å². The monoisotopic (exact) mass is 1850 g/mol. The maximum atomic E-state index is 14.1. The molecule has 8 fully saturated rings. The van der Waals surface area contributed by atoms with Crippen LogP contribution in [0.3, 0.4) is 0 Å². The first-order chi connectivity index (χ1) is 62.7. The number of aromatic nitrogens is 4. The Morgan fingerprint density at radius 3 is 0.947 bits per heavy atom. The van der Waals surface area contributed by atoms with E-state index in [0.29, 0.717) is 62.0 Å². The van der Waals surface area contributed by atoms with Gasteiger partial charge in [-0.2, -0.15) is 13.2 Å². The lowest BCUT2D eigenvalue weighted by Gasteiger charge is -2.40. The zero-order valence-electron chi connectivity index (χ0n) is 69.6. The highest BCUT2D eigenvalue weighted by molar-refractivity contribution is 6.03. The molecule has 4 aliphatic carbocycles. The smallest absolute Gasteiger partial charge is 0.446 e. The van der Waals surface area contributed by atoms with Crippen molar-refractivity contribution in [3.63, 3.8) is 0 Å².